The number of hydrogen-bond donors (Lipinski definition) is 2. The molecule has 0 aromatic heterocycles. The number of non-ortho nitro benzene ring substituents is 1. The Hall–Kier alpha value is -2.82. The van der Waals surface area contributed by atoms with Gasteiger partial charge < -0.3 is 15.3 Å². The normalized spacial score (nSPS) is 14.7. The summed E-state index contributed by atoms with van der Waals surface area (Å²) in [6.45, 7) is 5.44. The molecular weight excluding hydrogens is 561 g/mol. The first-order valence-electron chi connectivity index (χ1n) is 13.0. The van der Waals surface area contributed by atoms with Crippen LogP contribution in [0.25, 0.3) is 0 Å². The van der Waals surface area contributed by atoms with Crippen LogP contribution in [0.15, 0.2) is 72.8 Å². The standard InChI is InChI=1S/C29H34F2N4O3.2ClH/c30-24-7-3-22(4-8-24)29(23-5-9-25(31)10-6-23)2-1-15-33-16-18-34(19-17-33)21-28(36)20-32-26-11-13-27(14-12-26)35(37)38;;/h3-14,28-29,32,36H,1-2,15-21H2;2*1H. The molecule has 0 spiro atoms. The molecule has 3 aromatic rings. The fourth-order valence-corrected chi connectivity index (χ4v) is 4.93. The molecule has 0 bridgehead atoms. The van der Waals surface area contributed by atoms with Crippen LogP contribution < -0.4 is 5.32 Å². The van der Waals surface area contributed by atoms with Crippen LogP contribution in [0.1, 0.15) is 29.9 Å². The Balaban J connectivity index is 0.00000280. The Morgan fingerprint density at radius 2 is 1.32 bits per heavy atom. The minimum Gasteiger partial charge on any atom is -0.390 e. The summed E-state index contributed by atoms with van der Waals surface area (Å²) in [4.78, 5) is 15.0. The number of hydrogen-bond acceptors (Lipinski definition) is 6. The van der Waals surface area contributed by atoms with E-state index in [4.69, 9.17) is 0 Å². The third-order valence-corrected chi connectivity index (χ3v) is 7.07. The van der Waals surface area contributed by atoms with Crippen molar-refractivity contribution in [2.75, 3.05) is 51.1 Å². The van der Waals surface area contributed by atoms with Crippen LogP contribution >= 0.6 is 24.8 Å². The molecular formula is C29H36Cl2F2N4O3. The first-order chi connectivity index (χ1) is 18.4. The average molecular weight is 598 g/mol. The number of nitrogens with one attached hydrogen (secondary N) is 1. The van der Waals surface area contributed by atoms with E-state index in [-0.39, 0.29) is 48.1 Å². The van der Waals surface area contributed by atoms with Gasteiger partial charge in [-0.25, -0.2) is 8.78 Å². The number of benzene rings is 3. The molecule has 1 aliphatic heterocycles. The maximum absolute atomic E-state index is 13.5. The average Bonchev–Trinajstić information content (AvgIpc) is 2.92. The zero-order valence-corrected chi connectivity index (χ0v) is 23.8. The van der Waals surface area contributed by atoms with E-state index in [2.05, 4.69) is 15.1 Å². The Kier molecular flexibility index (Phi) is 13.7. The fraction of sp³-hybridized carbons (Fsp3) is 0.379. The van der Waals surface area contributed by atoms with E-state index >= 15 is 0 Å². The van der Waals surface area contributed by atoms with E-state index in [1.165, 1.54) is 36.4 Å². The molecule has 1 fully saturated rings. The number of aliphatic hydroxyl groups is 1. The second-order valence-electron chi connectivity index (χ2n) is 9.78. The number of β-amino-alcohol motifs (C(OH)–C–C–N with tert-alkyl or cyclic N) is 1. The molecule has 40 heavy (non-hydrogen) atoms. The molecule has 1 unspecified atom stereocenters. The summed E-state index contributed by atoms with van der Waals surface area (Å²) < 4.78 is 26.9. The molecule has 3 aromatic carbocycles. The van der Waals surface area contributed by atoms with Gasteiger partial charge in [0.15, 0.2) is 0 Å². The highest BCUT2D eigenvalue weighted by molar-refractivity contribution is 5.85. The molecule has 218 valence electrons. The largest absolute Gasteiger partial charge is 0.390 e. The predicted molar refractivity (Wildman–Crippen MR) is 159 cm³/mol. The zero-order valence-electron chi connectivity index (χ0n) is 22.1. The van der Waals surface area contributed by atoms with Gasteiger partial charge in [0.2, 0.25) is 0 Å². The van der Waals surface area contributed by atoms with Gasteiger partial charge in [-0.15, -0.1) is 24.8 Å². The lowest BCUT2D eigenvalue weighted by Crippen LogP contribution is -2.49. The third kappa shape index (κ3) is 9.98. The summed E-state index contributed by atoms with van der Waals surface area (Å²) in [5.41, 5.74) is 2.83. The third-order valence-electron chi connectivity index (χ3n) is 7.07. The van der Waals surface area contributed by atoms with Gasteiger partial charge in [-0.3, -0.25) is 15.0 Å². The molecule has 2 N–H and O–H groups in total. The molecule has 0 saturated carbocycles. The van der Waals surface area contributed by atoms with E-state index in [0.717, 1.165) is 62.4 Å². The van der Waals surface area contributed by atoms with Crippen molar-refractivity contribution in [3.63, 3.8) is 0 Å². The summed E-state index contributed by atoms with van der Waals surface area (Å²) >= 11 is 0. The van der Waals surface area contributed by atoms with Gasteiger partial charge in [0.1, 0.15) is 11.6 Å². The van der Waals surface area contributed by atoms with Gasteiger partial charge >= 0.3 is 0 Å². The van der Waals surface area contributed by atoms with E-state index in [9.17, 15) is 24.0 Å². The lowest BCUT2D eigenvalue weighted by Gasteiger charge is -2.36. The number of nitrogens with zero attached hydrogens (tertiary/aromatic N) is 3. The number of piperazine rings is 1. The van der Waals surface area contributed by atoms with E-state index < -0.39 is 11.0 Å². The Labute approximate surface area is 246 Å². The van der Waals surface area contributed by atoms with E-state index in [0.29, 0.717) is 13.1 Å². The van der Waals surface area contributed by atoms with Crippen LogP contribution in [0.4, 0.5) is 20.2 Å². The van der Waals surface area contributed by atoms with Crippen LogP contribution in [0, 0.1) is 21.7 Å². The molecule has 0 amide bonds. The van der Waals surface area contributed by atoms with Gasteiger partial charge in [-0.05, 0) is 66.9 Å². The molecule has 1 saturated heterocycles. The van der Waals surface area contributed by atoms with Crippen molar-refractivity contribution in [1.29, 1.82) is 0 Å². The minimum absolute atomic E-state index is 0. The van der Waals surface area contributed by atoms with Crippen molar-refractivity contribution in [2.45, 2.75) is 24.9 Å². The molecule has 11 heteroatoms. The Morgan fingerprint density at radius 3 is 1.82 bits per heavy atom. The summed E-state index contributed by atoms with van der Waals surface area (Å²) in [5, 5.41) is 24.3. The van der Waals surface area contributed by atoms with Crippen molar-refractivity contribution in [2.24, 2.45) is 0 Å². The number of halogens is 4. The van der Waals surface area contributed by atoms with E-state index in [1.54, 1.807) is 12.1 Å². The highest BCUT2D eigenvalue weighted by Gasteiger charge is 2.20. The monoisotopic (exact) mass is 596 g/mol. The van der Waals surface area contributed by atoms with Crippen LogP contribution in [0.5, 0.6) is 0 Å². The highest BCUT2D eigenvalue weighted by Crippen LogP contribution is 2.30. The number of anilines is 1. The van der Waals surface area contributed by atoms with Crippen LogP contribution in [-0.2, 0) is 0 Å². The molecule has 1 atom stereocenters. The summed E-state index contributed by atoms with van der Waals surface area (Å²) in [6.07, 6.45) is 1.29. The number of nitro groups is 1. The van der Waals surface area contributed by atoms with Crippen LogP contribution in [-0.4, -0.2) is 71.7 Å². The topological polar surface area (TPSA) is 81.9 Å². The SMILES string of the molecule is Cl.Cl.O=[N+]([O-])c1ccc(NCC(O)CN2CCN(CCCC(c3ccc(F)cc3)c3ccc(F)cc3)CC2)cc1. The quantitative estimate of drug-likeness (QED) is 0.205. The molecule has 7 nitrogen and oxygen atoms in total. The maximum atomic E-state index is 13.5. The summed E-state index contributed by atoms with van der Waals surface area (Å²) in [6, 6.07) is 19.3. The first kappa shape index (κ1) is 33.4. The Morgan fingerprint density at radius 1 is 0.825 bits per heavy atom. The smallest absolute Gasteiger partial charge is 0.269 e. The van der Waals surface area contributed by atoms with E-state index in [1.807, 2.05) is 24.3 Å². The van der Waals surface area contributed by atoms with Gasteiger partial charge in [0.25, 0.3) is 5.69 Å². The van der Waals surface area contributed by atoms with Crippen molar-refractivity contribution in [3.8, 4) is 0 Å². The van der Waals surface area contributed by atoms with Crippen molar-refractivity contribution in [3.05, 3.63) is 106 Å². The zero-order chi connectivity index (χ0) is 26.9. The van der Waals surface area contributed by atoms with Gasteiger partial charge in [-0.2, -0.15) is 0 Å². The highest BCUT2D eigenvalue weighted by atomic mass is 35.5. The lowest BCUT2D eigenvalue weighted by atomic mass is 9.87. The molecule has 4 rings (SSSR count). The molecule has 1 heterocycles. The lowest BCUT2D eigenvalue weighted by molar-refractivity contribution is -0.384. The van der Waals surface area contributed by atoms with Crippen molar-refractivity contribution >= 4 is 36.2 Å². The maximum Gasteiger partial charge on any atom is 0.269 e. The first-order valence-corrected chi connectivity index (χ1v) is 13.0. The molecule has 0 radical (unpaired) electrons. The molecule has 0 aliphatic carbocycles. The number of rotatable bonds is 12. The number of nitro benzene ring substituents is 1. The van der Waals surface area contributed by atoms with Gasteiger partial charge in [-0.1, -0.05) is 24.3 Å². The second kappa shape index (κ2) is 16.4. The fourth-order valence-electron chi connectivity index (χ4n) is 4.93. The number of aliphatic hydroxyl groups excluding tert-OH is 1. The van der Waals surface area contributed by atoms with Crippen LogP contribution in [0.3, 0.4) is 0 Å². The summed E-state index contributed by atoms with van der Waals surface area (Å²) in [7, 11) is 0. The van der Waals surface area contributed by atoms with Gasteiger partial charge in [0, 0.05) is 63.0 Å². The van der Waals surface area contributed by atoms with Gasteiger partial charge in [0.05, 0.1) is 11.0 Å². The second-order valence-corrected chi connectivity index (χ2v) is 9.78. The molecule has 1 aliphatic rings. The van der Waals surface area contributed by atoms with Crippen molar-refractivity contribution in [1.82, 2.24) is 9.80 Å². The van der Waals surface area contributed by atoms with Crippen molar-refractivity contribution < 1.29 is 18.8 Å². The van der Waals surface area contributed by atoms with Crippen LogP contribution in [0.2, 0.25) is 0 Å². The summed E-state index contributed by atoms with van der Waals surface area (Å²) in [5.74, 6) is -0.454. The predicted octanol–water partition coefficient (Wildman–Crippen LogP) is 5.72. The minimum atomic E-state index is -0.552. The Bertz CT molecular complexity index is 1120.